The second kappa shape index (κ2) is 5.59. The van der Waals surface area contributed by atoms with Crippen LogP contribution in [0.2, 0.25) is 0 Å². The van der Waals surface area contributed by atoms with Gasteiger partial charge in [0.05, 0.1) is 0 Å². The van der Waals surface area contributed by atoms with Gasteiger partial charge < -0.3 is 10.3 Å². The Hall–Kier alpha value is -1.10. The Bertz CT molecular complexity index is 362. The molecule has 0 atom stereocenters. The first-order valence-corrected chi connectivity index (χ1v) is 5.39. The van der Waals surface area contributed by atoms with Crippen LogP contribution < -0.4 is 10.9 Å². The lowest BCUT2D eigenvalue weighted by molar-refractivity contribution is 0.0948. The molecule has 2 N–H and O–H groups in total. The molecule has 0 saturated heterocycles. The molecule has 0 fully saturated rings. The first kappa shape index (κ1) is 11.0. The van der Waals surface area contributed by atoms with Crippen LogP contribution in [0.5, 0.6) is 0 Å². The van der Waals surface area contributed by atoms with Crippen molar-refractivity contribution in [3.63, 3.8) is 0 Å². The highest BCUT2D eigenvalue weighted by Crippen LogP contribution is 1.90. The van der Waals surface area contributed by atoms with E-state index in [2.05, 4.69) is 26.2 Å². The highest BCUT2D eigenvalue weighted by Gasteiger charge is 2.03. The number of hydrogen-bond donors (Lipinski definition) is 2. The van der Waals surface area contributed by atoms with Gasteiger partial charge in [-0.2, -0.15) is 0 Å². The van der Waals surface area contributed by atoms with Crippen LogP contribution in [0.25, 0.3) is 0 Å². The number of alkyl halides is 1. The van der Waals surface area contributed by atoms with Gasteiger partial charge in [-0.05, 0) is 12.5 Å². The van der Waals surface area contributed by atoms with Crippen LogP contribution in [0.15, 0.2) is 23.0 Å². The van der Waals surface area contributed by atoms with Gasteiger partial charge in [0.2, 0.25) is 5.56 Å². The topological polar surface area (TPSA) is 62.0 Å². The number of amides is 1. The number of halogens is 1. The van der Waals surface area contributed by atoms with Crippen LogP contribution in [-0.4, -0.2) is 22.8 Å². The molecule has 5 heteroatoms. The minimum absolute atomic E-state index is 0.247. The summed E-state index contributed by atoms with van der Waals surface area (Å²) in [6.45, 7) is 0.598. The largest absolute Gasteiger partial charge is 0.351 e. The summed E-state index contributed by atoms with van der Waals surface area (Å²) in [7, 11) is 0. The number of pyridine rings is 1. The molecule has 1 amide bonds. The minimum atomic E-state index is -0.266. The van der Waals surface area contributed by atoms with Gasteiger partial charge in [0, 0.05) is 17.9 Å². The van der Waals surface area contributed by atoms with Crippen molar-refractivity contribution in [2.24, 2.45) is 0 Å². The molecule has 1 aromatic rings. The van der Waals surface area contributed by atoms with Crippen molar-refractivity contribution in [2.45, 2.75) is 6.42 Å². The van der Waals surface area contributed by atoms with E-state index in [0.29, 0.717) is 12.2 Å². The Morgan fingerprint density at radius 1 is 1.50 bits per heavy atom. The van der Waals surface area contributed by atoms with Crippen molar-refractivity contribution >= 4 is 21.8 Å². The van der Waals surface area contributed by atoms with E-state index >= 15 is 0 Å². The second-order valence-electron chi connectivity index (χ2n) is 2.73. The molecular formula is C9H11BrN2O2. The van der Waals surface area contributed by atoms with Gasteiger partial charge in [-0.15, -0.1) is 0 Å². The summed E-state index contributed by atoms with van der Waals surface area (Å²) in [5.74, 6) is -0.247. The number of carbonyl (C=O) groups is 1. The molecule has 0 spiro atoms. The SMILES string of the molecule is O=C(NCCCBr)c1cccc(=O)[nH]1. The van der Waals surface area contributed by atoms with Gasteiger partial charge in [0.25, 0.3) is 5.91 Å². The lowest BCUT2D eigenvalue weighted by Crippen LogP contribution is -2.27. The Morgan fingerprint density at radius 2 is 2.29 bits per heavy atom. The first-order chi connectivity index (χ1) is 6.74. The number of nitrogens with one attached hydrogen (secondary N) is 2. The third-order valence-corrected chi connectivity index (χ3v) is 2.17. The molecule has 0 unspecified atom stereocenters. The van der Waals surface area contributed by atoms with Crippen LogP contribution in [0.4, 0.5) is 0 Å². The third-order valence-electron chi connectivity index (χ3n) is 1.61. The molecule has 0 bridgehead atoms. The Kier molecular flexibility index (Phi) is 4.39. The maximum absolute atomic E-state index is 11.4. The standard InChI is InChI=1S/C9H11BrN2O2/c10-5-2-6-11-9(14)7-3-1-4-8(13)12-7/h1,3-4H,2,5-6H2,(H,11,14)(H,12,13). The maximum Gasteiger partial charge on any atom is 0.267 e. The predicted molar refractivity (Wildman–Crippen MR) is 57.8 cm³/mol. The van der Waals surface area contributed by atoms with Crippen molar-refractivity contribution < 1.29 is 4.79 Å². The smallest absolute Gasteiger partial charge is 0.267 e. The lowest BCUT2D eigenvalue weighted by atomic mass is 10.3. The summed E-state index contributed by atoms with van der Waals surface area (Å²) >= 11 is 3.26. The highest BCUT2D eigenvalue weighted by atomic mass is 79.9. The minimum Gasteiger partial charge on any atom is -0.351 e. The number of carbonyl (C=O) groups excluding carboxylic acids is 1. The van der Waals surface area contributed by atoms with Gasteiger partial charge in [-0.3, -0.25) is 9.59 Å². The molecule has 1 aromatic heterocycles. The molecule has 14 heavy (non-hydrogen) atoms. The monoisotopic (exact) mass is 258 g/mol. The van der Waals surface area contributed by atoms with E-state index in [0.717, 1.165) is 11.8 Å². The highest BCUT2D eigenvalue weighted by molar-refractivity contribution is 9.09. The lowest BCUT2D eigenvalue weighted by Gasteiger charge is -2.02. The summed E-state index contributed by atoms with van der Waals surface area (Å²) in [5, 5.41) is 3.53. The summed E-state index contributed by atoms with van der Waals surface area (Å²) < 4.78 is 0. The molecular weight excluding hydrogens is 248 g/mol. The molecule has 4 nitrogen and oxygen atoms in total. The molecule has 0 aliphatic heterocycles. The zero-order valence-electron chi connectivity index (χ0n) is 7.55. The normalized spacial score (nSPS) is 9.79. The van der Waals surface area contributed by atoms with Crippen molar-refractivity contribution in [1.82, 2.24) is 10.3 Å². The van der Waals surface area contributed by atoms with Gasteiger partial charge >= 0.3 is 0 Å². The van der Waals surface area contributed by atoms with Crippen LogP contribution in [0.1, 0.15) is 16.9 Å². The summed E-state index contributed by atoms with van der Waals surface area (Å²) in [6.07, 6.45) is 0.864. The van der Waals surface area contributed by atoms with Gasteiger partial charge in [-0.25, -0.2) is 0 Å². The number of aromatic amines is 1. The van der Waals surface area contributed by atoms with Crippen LogP contribution >= 0.6 is 15.9 Å². The average molecular weight is 259 g/mol. The fourth-order valence-electron chi connectivity index (χ4n) is 0.944. The van der Waals surface area contributed by atoms with E-state index in [1.165, 1.54) is 6.07 Å². The molecule has 0 aliphatic rings. The molecule has 76 valence electrons. The Morgan fingerprint density at radius 3 is 2.93 bits per heavy atom. The van der Waals surface area contributed by atoms with Gasteiger partial charge in [0.1, 0.15) is 5.69 Å². The Balaban J connectivity index is 2.56. The van der Waals surface area contributed by atoms with E-state index in [4.69, 9.17) is 0 Å². The third kappa shape index (κ3) is 3.33. The molecule has 0 aromatic carbocycles. The number of rotatable bonds is 4. The van der Waals surface area contributed by atoms with E-state index < -0.39 is 0 Å². The molecule has 0 aliphatic carbocycles. The maximum atomic E-state index is 11.4. The fourth-order valence-corrected chi connectivity index (χ4v) is 1.22. The molecule has 1 rings (SSSR count). The number of H-pyrrole nitrogens is 1. The van der Waals surface area contributed by atoms with Crippen LogP contribution in [-0.2, 0) is 0 Å². The number of hydrogen-bond acceptors (Lipinski definition) is 2. The van der Waals surface area contributed by atoms with Gasteiger partial charge in [-0.1, -0.05) is 22.0 Å². The first-order valence-electron chi connectivity index (χ1n) is 4.27. The fraction of sp³-hybridized carbons (Fsp3) is 0.333. The van der Waals surface area contributed by atoms with E-state index in [1.807, 2.05) is 0 Å². The predicted octanol–water partition coefficient (Wildman–Crippen LogP) is 0.890. The average Bonchev–Trinajstić information content (AvgIpc) is 2.18. The molecule has 0 radical (unpaired) electrons. The molecule has 0 saturated carbocycles. The summed E-state index contributed by atoms with van der Waals surface area (Å²) in [4.78, 5) is 24.7. The van der Waals surface area contributed by atoms with Crippen molar-refractivity contribution in [2.75, 3.05) is 11.9 Å². The molecule has 1 heterocycles. The van der Waals surface area contributed by atoms with E-state index in [-0.39, 0.29) is 11.5 Å². The zero-order chi connectivity index (χ0) is 10.4. The Labute approximate surface area is 89.9 Å². The summed E-state index contributed by atoms with van der Waals surface area (Å²) in [5.41, 5.74) is 0.0326. The second-order valence-corrected chi connectivity index (χ2v) is 3.52. The van der Waals surface area contributed by atoms with E-state index in [9.17, 15) is 9.59 Å². The van der Waals surface area contributed by atoms with Gasteiger partial charge in [0.15, 0.2) is 0 Å². The van der Waals surface area contributed by atoms with Crippen molar-refractivity contribution in [1.29, 1.82) is 0 Å². The van der Waals surface area contributed by atoms with Crippen molar-refractivity contribution in [3.05, 3.63) is 34.2 Å². The van der Waals surface area contributed by atoms with Crippen molar-refractivity contribution in [3.8, 4) is 0 Å². The summed E-state index contributed by atoms with van der Waals surface area (Å²) in [6, 6.07) is 4.50. The number of aromatic nitrogens is 1. The van der Waals surface area contributed by atoms with E-state index in [1.54, 1.807) is 12.1 Å². The zero-order valence-corrected chi connectivity index (χ0v) is 9.13. The van der Waals surface area contributed by atoms with Crippen LogP contribution in [0, 0.1) is 0 Å². The quantitative estimate of drug-likeness (QED) is 0.623. The van der Waals surface area contributed by atoms with Crippen LogP contribution in [0.3, 0.4) is 0 Å².